The minimum atomic E-state index is -4.39. The highest BCUT2D eigenvalue weighted by atomic mass is 19.4. The molecule has 9 heteroatoms. The first-order chi connectivity index (χ1) is 10.6. The van der Waals surface area contributed by atoms with E-state index in [1.165, 1.54) is 11.8 Å². The number of amides is 1. The first-order valence-corrected chi connectivity index (χ1v) is 7.19. The molecule has 0 saturated heterocycles. The fraction of sp³-hybridized carbons (Fsp3) is 0.643. The van der Waals surface area contributed by atoms with Gasteiger partial charge in [-0.05, 0) is 26.7 Å². The normalized spacial score (nSPS) is 14.8. The number of carboxylic acid groups (broad SMARTS) is 1. The van der Waals surface area contributed by atoms with E-state index >= 15 is 0 Å². The second-order valence-corrected chi connectivity index (χ2v) is 5.75. The molecule has 1 amide bonds. The highest BCUT2D eigenvalue weighted by molar-refractivity contribution is 5.84. The van der Waals surface area contributed by atoms with E-state index in [1.54, 1.807) is 6.92 Å². The number of rotatable bonds is 6. The smallest absolute Gasteiger partial charge is 0.408 e. The Labute approximate surface area is 130 Å². The van der Waals surface area contributed by atoms with E-state index in [2.05, 4.69) is 5.10 Å². The number of alkyl halides is 3. The Morgan fingerprint density at radius 3 is 2.43 bits per heavy atom. The highest BCUT2D eigenvalue weighted by Gasteiger charge is 2.35. The van der Waals surface area contributed by atoms with Crippen LogP contribution in [0.25, 0.3) is 0 Å². The molecule has 1 fully saturated rings. The van der Waals surface area contributed by atoms with Crippen molar-refractivity contribution in [2.75, 3.05) is 6.54 Å². The van der Waals surface area contributed by atoms with Crippen molar-refractivity contribution in [3.63, 3.8) is 0 Å². The maximum Gasteiger partial charge on any atom is 0.408 e. The van der Waals surface area contributed by atoms with Crippen LogP contribution in [-0.4, -0.2) is 50.4 Å². The average Bonchev–Trinajstić information content (AvgIpc) is 3.19. The van der Waals surface area contributed by atoms with Gasteiger partial charge < -0.3 is 10.0 Å². The molecule has 0 radical (unpaired) electrons. The lowest BCUT2D eigenvalue weighted by Crippen LogP contribution is -2.38. The highest BCUT2D eigenvalue weighted by Crippen LogP contribution is 2.28. The summed E-state index contributed by atoms with van der Waals surface area (Å²) in [6.45, 7) is 1.42. The molecular weight excluding hydrogens is 315 g/mol. The van der Waals surface area contributed by atoms with Crippen molar-refractivity contribution in [2.45, 2.75) is 51.9 Å². The van der Waals surface area contributed by atoms with Crippen molar-refractivity contribution < 1.29 is 27.9 Å². The first kappa shape index (κ1) is 17.3. The Hall–Kier alpha value is -2.06. The third kappa shape index (κ3) is 4.46. The predicted molar refractivity (Wildman–Crippen MR) is 73.8 cm³/mol. The molecule has 0 aromatic carbocycles. The Morgan fingerprint density at radius 2 is 1.96 bits per heavy atom. The first-order valence-electron chi connectivity index (χ1n) is 7.19. The summed E-state index contributed by atoms with van der Waals surface area (Å²) in [5.74, 6) is -1.50. The largest absolute Gasteiger partial charge is 0.480 e. The third-order valence-corrected chi connectivity index (χ3v) is 3.80. The lowest BCUT2D eigenvalue weighted by molar-refractivity contribution is -0.144. The van der Waals surface area contributed by atoms with Crippen molar-refractivity contribution >= 4 is 11.9 Å². The number of aliphatic carboxylic acids is 1. The summed E-state index contributed by atoms with van der Waals surface area (Å²) in [7, 11) is 0. The van der Waals surface area contributed by atoms with Crippen LogP contribution in [0, 0.1) is 13.8 Å². The van der Waals surface area contributed by atoms with E-state index in [9.17, 15) is 22.8 Å². The number of nitrogens with zero attached hydrogens (tertiary/aromatic N) is 3. The molecule has 1 aliphatic carbocycles. The van der Waals surface area contributed by atoms with Gasteiger partial charge in [0.05, 0.1) is 12.1 Å². The van der Waals surface area contributed by atoms with Crippen LogP contribution in [0.3, 0.4) is 0 Å². The number of carbonyl (C=O) groups excluding carboxylic acids is 1. The van der Waals surface area contributed by atoms with E-state index in [-0.39, 0.29) is 18.2 Å². The van der Waals surface area contributed by atoms with E-state index in [0.29, 0.717) is 11.3 Å². The lowest BCUT2D eigenvalue weighted by atomic mass is 10.1. The number of aromatic nitrogens is 2. The van der Waals surface area contributed by atoms with E-state index in [4.69, 9.17) is 5.11 Å². The molecule has 1 aromatic rings. The number of hydrogen-bond donors (Lipinski definition) is 1. The minimum absolute atomic E-state index is 0.0792. The van der Waals surface area contributed by atoms with Crippen LogP contribution in [-0.2, 0) is 22.6 Å². The molecule has 2 rings (SSSR count). The van der Waals surface area contributed by atoms with Crippen LogP contribution in [0.1, 0.15) is 29.8 Å². The standard InChI is InChI=1S/C14H18F3N3O3/c1-8-11(9(2)20(18-8)7-14(15,16)17)5-12(21)19(6-13(22)23)10-3-4-10/h10H,3-7H2,1-2H3,(H,22,23). The molecule has 1 saturated carbocycles. The predicted octanol–water partition coefficient (Wildman–Crippen LogP) is 1.68. The lowest BCUT2D eigenvalue weighted by Gasteiger charge is -2.20. The van der Waals surface area contributed by atoms with E-state index in [0.717, 1.165) is 17.5 Å². The van der Waals surface area contributed by atoms with Gasteiger partial charge in [0.25, 0.3) is 0 Å². The van der Waals surface area contributed by atoms with E-state index < -0.39 is 31.1 Å². The minimum Gasteiger partial charge on any atom is -0.480 e. The molecule has 0 aliphatic heterocycles. The van der Waals surface area contributed by atoms with Gasteiger partial charge in [0.15, 0.2) is 0 Å². The van der Waals surface area contributed by atoms with Gasteiger partial charge in [-0.1, -0.05) is 0 Å². The van der Waals surface area contributed by atoms with Crippen LogP contribution in [0.5, 0.6) is 0 Å². The average molecular weight is 333 g/mol. The fourth-order valence-electron chi connectivity index (χ4n) is 2.52. The van der Waals surface area contributed by atoms with Crippen LogP contribution in [0.2, 0.25) is 0 Å². The second kappa shape index (κ2) is 6.21. The summed E-state index contributed by atoms with van der Waals surface area (Å²) in [6, 6.07) is -0.0792. The molecule has 0 atom stereocenters. The molecule has 1 heterocycles. The zero-order valence-corrected chi connectivity index (χ0v) is 12.9. The maximum absolute atomic E-state index is 12.5. The Balaban J connectivity index is 2.15. The molecule has 1 aromatic heterocycles. The van der Waals surface area contributed by atoms with Crippen LogP contribution < -0.4 is 0 Å². The van der Waals surface area contributed by atoms with Gasteiger partial charge in [-0.15, -0.1) is 0 Å². The Kier molecular flexibility index (Phi) is 4.67. The summed E-state index contributed by atoms with van der Waals surface area (Å²) in [5.41, 5.74) is 1.06. The second-order valence-electron chi connectivity index (χ2n) is 5.75. The van der Waals surface area contributed by atoms with Crippen molar-refractivity contribution in [3.05, 3.63) is 17.0 Å². The zero-order chi connectivity index (χ0) is 17.4. The van der Waals surface area contributed by atoms with Crippen LogP contribution >= 0.6 is 0 Å². The molecule has 0 unspecified atom stereocenters. The fourth-order valence-corrected chi connectivity index (χ4v) is 2.52. The Morgan fingerprint density at radius 1 is 1.35 bits per heavy atom. The van der Waals surface area contributed by atoms with Crippen molar-refractivity contribution in [1.29, 1.82) is 0 Å². The molecular formula is C14H18F3N3O3. The molecule has 128 valence electrons. The number of halogens is 3. The summed E-state index contributed by atoms with van der Waals surface area (Å²) >= 11 is 0. The third-order valence-electron chi connectivity index (χ3n) is 3.80. The summed E-state index contributed by atoms with van der Waals surface area (Å²) in [4.78, 5) is 24.5. The van der Waals surface area contributed by atoms with Crippen LogP contribution in [0.15, 0.2) is 0 Å². The van der Waals surface area contributed by atoms with Crippen LogP contribution in [0.4, 0.5) is 13.2 Å². The summed E-state index contributed by atoms with van der Waals surface area (Å²) in [6.07, 6.45) is -3.03. The van der Waals surface area contributed by atoms with Gasteiger partial charge in [-0.25, -0.2) is 0 Å². The van der Waals surface area contributed by atoms with Crippen molar-refractivity contribution in [3.8, 4) is 0 Å². The zero-order valence-electron chi connectivity index (χ0n) is 12.9. The summed E-state index contributed by atoms with van der Waals surface area (Å²) in [5, 5.41) is 12.7. The van der Waals surface area contributed by atoms with Gasteiger partial charge in [0.2, 0.25) is 5.91 Å². The SMILES string of the molecule is Cc1nn(CC(F)(F)F)c(C)c1CC(=O)N(CC(=O)O)C1CC1. The molecule has 6 nitrogen and oxygen atoms in total. The summed E-state index contributed by atoms with van der Waals surface area (Å²) < 4.78 is 38.4. The van der Waals surface area contributed by atoms with Gasteiger partial charge in [0.1, 0.15) is 13.1 Å². The molecule has 0 bridgehead atoms. The van der Waals surface area contributed by atoms with Crippen molar-refractivity contribution in [1.82, 2.24) is 14.7 Å². The quantitative estimate of drug-likeness (QED) is 0.859. The molecule has 23 heavy (non-hydrogen) atoms. The topological polar surface area (TPSA) is 75.4 Å². The van der Waals surface area contributed by atoms with E-state index in [1.807, 2.05) is 0 Å². The number of aryl methyl sites for hydroxylation is 1. The molecule has 1 aliphatic rings. The number of carboxylic acids is 1. The van der Waals surface area contributed by atoms with Gasteiger partial charge in [-0.3, -0.25) is 14.3 Å². The van der Waals surface area contributed by atoms with Gasteiger partial charge in [0, 0.05) is 17.3 Å². The van der Waals surface area contributed by atoms with Gasteiger partial charge >= 0.3 is 12.1 Å². The molecule has 0 spiro atoms. The van der Waals surface area contributed by atoms with Crippen molar-refractivity contribution in [2.24, 2.45) is 0 Å². The number of carbonyl (C=O) groups is 2. The maximum atomic E-state index is 12.5. The Bertz CT molecular complexity index is 621. The number of hydrogen-bond acceptors (Lipinski definition) is 3. The monoisotopic (exact) mass is 333 g/mol. The molecule has 1 N–H and O–H groups in total. The van der Waals surface area contributed by atoms with Gasteiger partial charge in [-0.2, -0.15) is 18.3 Å².